The number of rotatable bonds is 6. The third-order valence-electron chi connectivity index (χ3n) is 3.92. The topological polar surface area (TPSA) is 52.6 Å². The fraction of sp³-hybridized carbons (Fsp3) is 0.667. The number of ether oxygens (including phenoxy) is 2. The zero-order valence-corrected chi connectivity index (χ0v) is 14.6. The molecule has 0 aromatic carbocycles. The largest absolute Gasteiger partial charge is 0.421 e. The second-order valence-corrected chi connectivity index (χ2v) is 6.83. The summed E-state index contributed by atoms with van der Waals surface area (Å²) in [6.45, 7) is 11.3. The van der Waals surface area contributed by atoms with Crippen molar-refractivity contribution in [3.63, 3.8) is 0 Å². The number of carbonyl (C=O) groups is 2. The standard InChI is InChI=1S/C18H28O4/c1-12(2)21-11-17(20)22-16(14(4)19)10-15-13(3)8-7-9-18(15,5)6/h10,12H,7-9,11H2,1-6H3/b16-10+. The Labute approximate surface area is 133 Å². The molecule has 124 valence electrons. The van der Waals surface area contributed by atoms with Gasteiger partial charge >= 0.3 is 5.97 Å². The molecular formula is C18H28O4. The van der Waals surface area contributed by atoms with Crippen molar-refractivity contribution in [3.8, 4) is 0 Å². The molecule has 1 aliphatic rings. The van der Waals surface area contributed by atoms with Crippen LogP contribution in [0.3, 0.4) is 0 Å². The van der Waals surface area contributed by atoms with Crippen LogP contribution in [0.4, 0.5) is 0 Å². The highest BCUT2D eigenvalue weighted by atomic mass is 16.6. The Kier molecular flexibility index (Phi) is 6.54. The minimum atomic E-state index is -0.540. The van der Waals surface area contributed by atoms with Crippen molar-refractivity contribution < 1.29 is 19.1 Å². The van der Waals surface area contributed by atoms with Crippen LogP contribution in [0.5, 0.6) is 0 Å². The van der Waals surface area contributed by atoms with Gasteiger partial charge in [-0.15, -0.1) is 0 Å². The highest BCUT2D eigenvalue weighted by Gasteiger charge is 2.28. The van der Waals surface area contributed by atoms with Gasteiger partial charge in [-0.3, -0.25) is 4.79 Å². The maximum Gasteiger partial charge on any atom is 0.337 e. The van der Waals surface area contributed by atoms with E-state index in [0.29, 0.717) is 0 Å². The first-order valence-electron chi connectivity index (χ1n) is 7.88. The molecule has 0 atom stereocenters. The van der Waals surface area contributed by atoms with Gasteiger partial charge in [0.2, 0.25) is 0 Å². The van der Waals surface area contributed by atoms with Gasteiger partial charge in [0.05, 0.1) is 6.10 Å². The van der Waals surface area contributed by atoms with Gasteiger partial charge in [0.15, 0.2) is 11.5 Å². The summed E-state index contributed by atoms with van der Waals surface area (Å²) < 4.78 is 10.4. The van der Waals surface area contributed by atoms with Gasteiger partial charge in [-0.05, 0) is 57.1 Å². The summed E-state index contributed by atoms with van der Waals surface area (Å²) in [6, 6.07) is 0. The lowest BCUT2D eigenvalue weighted by Crippen LogP contribution is -2.22. The van der Waals surface area contributed by atoms with Crippen LogP contribution < -0.4 is 0 Å². The lowest BCUT2D eigenvalue weighted by atomic mass is 9.72. The first-order chi connectivity index (χ1) is 10.1. The quantitative estimate of drug-likeness (QED) is 0.423. The summed E-state index contributed by atoms with van der Waals surface area (Å²) in [5.41, 5.74) is 2.34. The number of hydrogen-bond donors (Lipinski definition) is 0. The minimum absolute atomic E-state index is 0.0100. The predicted octanol–water partition coefficient (Wildman–Crippen LogP) is 3.95. The van der Waals surface area contributed by atoms with E-state index in [1.54, 1.807) is 6.08 Å². The molecule has 1 aliphatic carbocycles. The normalized spacial score (nSPS) is 18.6. The zero-order valence-electron chi connectivity index (χ0n) is 14.6. The Morgan fingerprint density at radius 1 is 1.32 bits per heavy atom. The molecule has 0 aliphatic heterocycles. The van der Waals surface area contributed by atoms with E-state index >= 15 is 0 Å². The summed E-state index contributed by atoms with van der Waals surface area (Å²) >= 11 is 0. The first kappa shape index (κ1) is 18.6. The third-order valence-corrected chi connectivity index (χ3v) is 3.92. The van der Waals surface area contributed by atoms with E-state index < -0.39 is 5.97 Å². The molecule has 0 fully saturated rings. The van der Waals surface area contributed by atoms with Crippen molar-refractivity contribution in [1.82, 2.24) is 0 Å². The maximum absolute atomic E-state index is 11.8. The molecule has 0 radical (unpaired) electrons. The van der Waals surface area contributed by atoms with Crippen molar-refractivity contribution in [2.24, 2.45) is 5.41 Å². The van der Waals surface area contributed by atoms with E-state index in [0.717, 1.165) is 24.8 Å². The molecule has 4 heteroatoms. The Balaban J connectivity index is 2.95. The molecular weight excluding hydrogens is 280 g/mol. The second kappa shape index (κ2) is 7.73. The number of hydrogen-bond acceptors (Lipinski definition) is 4. The van der Waals surface area contributed by atoms with Gasteiger partial charge in [-0.2, -0.15) is 0 Å². The van der Waals surface area contributed by atoms with Gasteiger partial charge in [0, 0.05) is 6.92 Å². The van der Waals surface area contributed by atoms with E-state index in [4.69, 9.17) is 9.47 Å². The van der Waals surface area contributed by atoms with Crippen LogP contribution in [0, 0.1) is 5.41 Å². The summed E-state index contributed by atoms with van der Waals surface area (Å²) in [5.74, 6) is -0.691. The van der Waals surface area contributed by atoms with Crippen molar-refractivity contribution in [2.45, 2.75) is 66.9 Å². The molecule has 0 aromatic heterocycles. The van der Waals surface area contributed by atoms with Crippen LogP contribution in [0.15, 0.2) is 23.0 Å². The molecule has 0 amide bonds. The second-order valence-electron chi connectivity index (χ2n) is 6.83. The highest BCUT2D eigenvalue weighted by Crippen LogP contribution is 2.41. The molecule has 22 heavy (non-hydrogen) atoms. The SMILES string of the molecule is CC(=O)/C(=C\C1=C(C)CCCC1(C)C)OC(=O)COC(C)C. The summed E-state index contributed by atoms with van der Waals surface area (Å²) in [5, 5.41) is 0. The Morgan fingerprint density at radius 3 is 2.45 bits per heavy atom. The van der Waals surface area contributed by atoms with Gasteiger partial charge in [0.25, 0.3) is 0 Å². The number of Topliss-reactive ketones (excluding diaryl/α,β-unsaturated/α-hetero) is 1. The number of ketones is 1. The number of esters is 1. The fourth-order valence-corrected chi connectivity index (χ4v) is 2.68. The third kappa shape index (κ3) is 5.41. The molecule has 0 saturated heterocycles. The van der Waals surface area contributed by atoms with Crippen molar-refractivity contribution in [1.29, 1.82) is 0 Å². The molecule has 0 heterocycles. The molecule has 0 spiro atoms. The lowest BCUT2D eigenvalue weighted by Gasteiger charge is -2.33. The van der Waals surface area contributed by atoms with Gasteiger partial charge in [-0.25, -0.2) is 4.79 Å². The van der Waals surface area contributed by atoms with Gasteiger partial charge < -0.3 is 9.47 Å². The zero-order chi connectivity index (χ0) is 16.9. The molecule has 4 nitrogen and oxygen atoms in total. The Morgan fingerprint density at radius 2 is 1.95 bits per heavy atom. The molecule has 0 bridgehead atoms. The van der Waals surface area contributed by atoms with Gasteiger partial charge in [-0.1, -0.05) is 19.4 Å². The number of allylic oxidation sites excluding steroid dienone is 4. The van der Waals surface area contributed by atoms with Gasteiger partial charge in [0.1, 0.15) is 6.61 Å². The van der Waals surface area contributed by atoms with E-state index in [1.807, 2.05) is 13.8 Å². The molecule has 0 saturated carbocycles. The van der Waals surface area contributed by atoms with Crippen LogP contribution in [0.2, 0.25) is 0 Å². The van der Waals surface area contributed by atoms with Crippen molar-refractivity contribution >= 4 is 11.8 Å². The monoisotopic (exact) mass is 308 g/mol. The van der Waals surface area contributed by atoms with Crippen LogP contribution in [-0.2, 0) is 19.1 Å². The van der Waals surface area contributed by atoms with Crippen LogP contribution >= 0.6 is 0 Å². The first-order valence-corrected chi connectivity index (χ1v) is 7.88. The number of carbonyl (C=O) groups excluding carboxylic acids is 2. The van der Waals surface area contributed by atoms with Crippen LogP contribution in [-0.4, -0.2) is 24.5 Å². The Bertz CT molecular complexity index is 495. The molecule has 0 N–H and O–H groups in total. The fourth-order valence-electron chi connectivity index (χ4n) is 2.68. The van der Waals surface area contributed by atoms with Crippen LogP contribution in [0.25, 0.3) is 0 Å². The summed E-state index contributed by atoms with van der Waals surface area (Å²) in [7, 11) is 0. The maximum atomic E-state index is 11.8. The lowest BCUT2D eigenvalue weighted by molar-refractivity contribution is -0.148. The molecule has 1 rings (SSSR count). The summed E-state index contributed by atoms with van der Waals surface area (Å²) in [6.07, 6.45) is 4.91. The van der Waals surface area contributed by atoms with E-state index in [-0.39, 0.29) is 29.7 Å². The highest BCUT2D eigenvalue weighted by molar-refractivity contribution is 5.94. The van der Waals surface area contributed by atoms with E-state index in [1.165, 1.54) is 12.5 Å². The summed E-state index contributed by atoms with van der Waals surface area (Å²) in [4.78, 5) is 23.6. The van der Waals surface area contributed by atoms with E-state index in [9.17, 15) is 9.59 Å². The Hall–Kier alpha value is -1.42. The van der Waals surface area contributed by atoms with E-state index in [2.05, 4.69) is 20.8 Å². The smallest absolute Gasteiger partial charge is 0.337 e. The van der Waals surface area contributed by atoms with Crippen LogP contribution in [0.1, 0.15) is 60.8 Å². The predicted molar refractivity (Wildman–Crippen MR) is 86.3 cm³/mol. The van der Waals surface area contributed by atoms with Crippen molar-refractivity contribution in [2.75, 3.05) is 6.61 Å². The minimum Gasteiger partial charge on any atom is -0.421 e. The average Bonchev–Trinajstić information content (AvgIpc) is 2.38. The average molecular weight is 308 g/mol. The molecule has 0 aromatic rings. The molecule has 0 unspecified atom stereocenters. The van der Waals surface area contributed by atoms with Crippen molar-refractivity contribution in [3.05, 3.63) is 23.0 Å².